The molecule has 4 heterocycles. The summed E-state index contributed by atoms with van der Waals surface area (Å²) in [5.41, 5.74) is 10.6. The van der Waals surface area contributed by atoms with Crippen LogP contribution in [-0.4, -0.2) is 47.6 Å². The molecule has 2 amide bonds. The number of methoxy groups -OCH3 is 1. The number of pyridine rings is 1. The molecule has 198 valence electrons. The Morgan fingerprint density at radius 2 is 2.03 bits per heavy atom. The third kappa shape index (κ3) is 4.47. The molecule has 5 aromatic rings. The fourth-order valence-electron chi connectivity index (χ4n) is 5.14. The minimum absolute atomic E-state index is 0.102. The molecule has 6 rings (SSSR count). The van der Waals surface area contributed by atoms with E-state index in [0.717, 1.165) is 51.6 Å². The molecule has 0 spiro atoms. The molecule has 1 unspecified atom stereocenters. The molecule has 39 heavy (non-hydrogen) atoms. The number of carbonyl (C=O) groups excluding carboxylic acids is 2. The van der Waals surface area contributed by atoms with Crippen molar-refractivity contribution in [1.82, 2.24) is 20.2 Å². The molecule has 0 bridgehead atoms. The van der Waals surface area contributed by atoms with Gasteiger partial charge in [0.15, 0.2) is 0 Å². The van der Waals surface area contributed by atoms with Gasteiger partial charge in [0.1, 0.15) is 17.3 Å². The van der Waals surface area contributed by atoms with E-state index in [1.165, 1.54) is 11.3 Å². The SMILES string of the molecule is COc1cc(-c2csc3c(C(=O)NC4CCNC4)cnc(N)c23)ccc1NC(=O)c1cc2ccccc2n1C. The Balaban J connectivity index is 1.31. The molecule has 1 fully saturated rings. The van der Waals surface area contributed by atoms with E-state index in [0.29, 0.717) is 28.5 Å². The first-order chi connectivity index (χ1) is 18.9. The number of nitrogens with zero attached hydrogens (tertiary/aromatic N) is 2. The number of aryl methyl sites for hydroxylation is 1. The van der Waals surface area contributed by atoms with Crippen LogP contribution >= 0.6 is 11.3 Å². The van der Waals surface area contributed by atoms with Crippen LogP contribution in [0.25, 0.3) is 32.1 Å². The highest BCUT2D eigenvalue weighted by molar-refractivity contribution is 7.18. The second-order valence-electron chi connectivity index (χ2n) is 9.59. The Kier molecular flexibility index (Phi) is 6.41. The number of thiophene rings is 1. The average Bonchev–Trinajstić information content (AvgIpc) is 3.69. The van der Waals surface area contributed by atoms with Crippen LogP contribution in [0.2, 0.25) is 0 Å². The van der Waals surface area contributed by atoms with Gasteiger partial charge in [-0.3, -0.25) is 9.59 Å². The van der Waals surface area contributed by atoms with E-state index in [4.69, 9.17) is 10.5 Å². The number of amides is 2. The summed E-state index contributed by atoms with van der Waals surface area (Å²) in [7, 11) is 3.43. The van der Waals surface area contributed by atoms with Crippen LogP contribution < -0.4 is 26.4 Å². The maximum absolute atomic E-state index is 13.2. The highest BCUT2D eigenvalue weighted by Gasteiger charge is 2.23. The van der Waals surface area contributed by atoms with Gasteiger partial charge in [0.2, 0.25) is 0 Å². The molecule has 0 aliphatic carbocycles. The first kappa shape index (κ1) is 24.9. The maximum Gasteiger partial charge on any atom is 0.272 e. The first-order valence-electron chi connectivity index (χ1n) is 12.7. The van der Waals surface area contributed by atoms with Crippen LogP contribution in [0.1, 0.15) is 27.3 Å². The monoisotopic (exact) mass is 540 g/mol. The van der Waals surface area contributed by atoms with Gasteiger partial charge in [0.25, 0.3) is 11.8 Å². The number of fused-ring (bicyclic) bond motifs is 2. The number of nitrogens with one attached hydrogen (secondary N) is 3. The number of para-hydroxylation sites is 1. The lowest BCUT2D eigenvalue weighted by Crippen LogP contribution is -2.36. The van der Waals surface area contributed by atoms with E-state index in [1.807, 2.05) is 65.5 Å². The van der Waals surface area contributed by atoms with Crippen LogP contribution in [-0.2, 0) is 7.05 Å². The summed E-state index contributed by atoms with van der Waals surface area (Å²) < 4.78 is 8.31. The number of rotatable bonds is 6. The zero-order valence-electron chi connectivity index (χ0n) is 21.6. The van der Waals surface area contributed by atoms with Crippen molar-refractivity contribution >= 4 is 55.6 Å². The van der Waals surface area contributed by atoms with Crippen LogP contribution in [0.15, 0.2) is 60.1 Å². The van der Waals surface area contributed by atoms with Crippen molar-refractivity contribution in [1.29, 1.82) is 0 Å². The first-order valence-corrected chi connectivity index (χ1v) is 13.5. The van der Waals surface area contributed by atoms with E-state index in [1.54, 1.807) is 13.3 Å². The predicted molar refractivity (Wildman–Crippen MR) is 156 cm³/mol. The van der Waals surface area contributed by atoms with Crippen molar-refractivity contribution in [2.24, 2.45) is 7.05 Å². The van der Waals surface area contributed by atoms with Crippen molar-refractivity contribution in [3.63, 3.8) is 0 Å². The van der Waals surface area contributed by atoms with Crippen molar-refractivity contribution in [2.45, 2.75) is 12.5 Å². The molecule has 9 nitrogen and oxygen atoms in total. The molecule has 1 aliphatic rings. The molecule has 1 atom stereocenters. The molecular formula is C29H28N6O3S. The molecule has 0 saturated carbocycles. The van der Waals surface area contributed by atoms with E-state index in [9.17, 15) is 9.59 Å². The number of hydrogen-bond donors (Lipinski definition) is 4. The van der Waals surface area contributed by atoms with E-state index in [-0.39, 0.29) is 17.9 Å². The topological polar surface area (TPSA) is 123 Å². The van der Waals surface area contributed by atoms with Crippen LogP contribution in [0.3, 0.4) is 0 Å². The van der Waals surface area contributed by atoms with Gasteiger partial charge in [0.05, 0.1) is 23.1 Å². The summed E-state index contributed by atoms with van der Waals surface area (Å²) in [6.07, 6.45) is 2.44. The van der Waals surface area contributed by atoms with Gasteiger partial charge in [0, 0.05) is 47.7 Å². The lowest BCUT2D eigenvalue weighted by atomic mass is 10.0. The zero-order chi connectivity index (χ0) is 27.1. The Morgan fingerprint density at radius 3 is 2.79 bits per heavy atom. The fraction of sp³-hybridized carbons (Fsp3) is 0.207. The van der Waals surface area contributed by atoms with Crippen LogP contribution in [0, 0.1) is 0 Å². The summed E-state index contributed by atoms with van der Waals surface area (Å²) in [6, 6.07) is 15.4. The second-order valence-corrected chi connectivity index (χ2v) is 10.5. The number of hydrogen-bond acceptors (Lipinski definition) is 7. The van der Waals surface area contributed by atoms with Crippen molar-refractivity contribution in [3.05, 3.63) is 71.4 Å². The van der Waals surface area contributed by atoms with E-state index < -0.39 is 0 Å². The number of aromatic nitrogens is 2. The van der Waals surface area contributed by atoms with Gasteiger partial charge < -0.3 is 31.0 Å². The number of nitrogen functional groups attached to an aromatic ring is 1. The number of ether oxygens (including phenoxy) is 1. The van der Waals surface area contributed by atoms with Crippen molar-refractivity contribution in [2.75, 3.05) is 31.2 Å². The third-order valence-corrected chi connectivity index (χ3v) is 8.22. The standard InChI is InChI=1S/C29H28N6O3S/c1-35-22-6-4-3-5-17(22)11-23(35)29(37)34-21-8-7-16(12-24(21)38-2)20-15-39-26-19(14-32-27(30)25(20)26)28(36)33-18-9-10-31-13-18/h3-8,11-12,14-15,18,31H,9-10,13H2,1-2H3,(H2,30,32)(H,33,36)(H,34,37). The highest BCUT2D eigenvalue weighted by atomic mass is 32.1. The molecular weight excluding hydrogens is 512 g/mol. The smallest absolute Gasteiger partial charge is 0.272 e. The van der Waals surface area contributed by atoms with E-state index >= 15 is 0 Å². The summed E-state index contributed by atoms with van der Waals surface area (Å²) in [6.45, 7) is 1.65. The number of anilines is 2. The third-order valence-electron chi connectivity index (χ3n) is 7.21. The van der Waals surface area contributed by atoms with Crippen molar-refractivity contribution < 1.29 is 14.3 Å². The molecule has 1 saturated heterocycles. The summed E-state index contributed by atoms with van der Waals surface area (Å²) in [4.78, 5) is 30.6. The summed E-state index contributed by atoms with van der Waals surface area (Å²) in [5.74, 6) is 0.474. The number of carbonyl (C=O) groups is 2. The van der Waals surface area contributed by atoms with Gasteiger partial charge in [-0.25, -0.2) is 4.98 Å². The molecule has 5 N–H and O–H groups in total. The lowest BCUT2D eigenvalue weighted by Gasteiger charge is -2.13. The van der Waals surface area contributed by atoms with Crippen LogP contribution in [0.5, 0.6) is 5.75 Å². The predicted octanol–water partition coefficient (Wildman–Crippen LogP) is 4.39. The minimum atomic E-state index is -0.234. The molecule has 0 radical (unpaired) electrons. The van der Waals surface area contributed by atoms with Gasteiger partial charge in [-0.1, -0.05) is 24.3 Å². The van der Waals surface area contributed by atoms with Gasteiger partial charge in [-0.2, -0.15) is 0 Å². The number of benzene rings is 2. The molecule has 10 heteroatoms. The van der Waals surface area contributed by atoms with Gasteiger partial charge >= 0.3 is 0 Å². The number of nitrogens with two attached hydrogens (primary N) is 1. The Hall–Kier alpha value is -4.41. The summed E-state index contributed by atoms with van der Waals surface area (Å²) in [5, 5.41) is 13.0. The largest absolute Gasteiger partial charge is 0.495 e. The maximum atomic E-state index is 13.2. The molecule has 2 aromatic carbocycles. The Labute approximate surface area is 229 Å². The Bertz CT molecular complexity index is 1730. The van der Waals surface area contributed by atoms with Crippen LogP contribution in [0.4, 0.5) is 11.5 Å². The summed E-state index contributed by atoms with van der Waals surface area (Å²) >= 11 is 1.46. The Morgan fingerprint density at radius 1 is 1.18 bits per heavy atom. The zero-order valence-corrected chi connectivity index (χ0v) is 22.4. The normalized spacial score (nSPS) is 15.1. The average molecular weight is 541 g/mol. The minimum Gasteiger partial charge on any atom is -0.495 e. The quantitative estimate of drug-likeness (QED) is 0.253. The van der Waals surface area contributed by atoms with Gasteiger partial charge in [-0.15, -0.1) is 11.3 Å². The van der Waals surface area contributed by atoms with Gasteiger partial charge in [-0.05, 0) is 48.2 Å². The van der Waals surface area contributed by atoms with E-state index in [2.05, 4.69) is 20.9 Å². The highest BCUT2D eigenvalue weighted by Crippen LogP contribution is 2.41. The van der Waals surface area contributed by atoms with Crippen molar-refractivity contribution in [3.8, 4) is 16.9 Å². The fourth-order valence-corrected chi connectivity index (χ4v) is 6.23. The lowest BCUT2D eigenvalue weighted by molar-refractivity contribution is 0.0940. The second kappa shape index (κ2) is 10.0. The molecule has 3 aromatic heterocycles. The molecule has 1 aliphatic heterocycles.